The van der Waals surface area contributed by atoms with E-state index in [2.05, 4.69) is 56.2 Å². The van der Waals surface area contributed by atoms with Crippen LogP contribution in [0.5, 0.6) is 0 Å². The molecule has 0 aliphatic carbocycles. The molecule has 0 aliphatic rings. The number of halogens is 1. The molecular formula is C17H21FN2. The lowest BCUT2D eigenvalue weighted by atomic mass is 9.96. The Bertz CT molecular complexity index is 576. The maximum Gasteiger partial charge on any atom is 0.141 e. The Hall–Kier alpha value is -1.74. The van der Waals surface area contributed by atoms with E-state index in [9.17, 15) is 4.39 Å². The predicted octanol–water partition coefficient (Wildman–Crippen LogP) is 3.92. The Labute approximate surface area is 120 Å². The van der Waals surface area contributed by atoms with Crippen molar-refractivity contribution in [2.24, 2.45) is 0 Å². The number of hydrogen-bond donors (Lipinski definition) is 1. The number of benzene rings is 1. The van der Waals surface area contributed by atoms with Gasteiger partial charge in [-0.2, -0.15) is 0 Å². The number of nitrogens with zero attached hydrogens (tertiary/aromatic N) is 1. The van der Waals surface area contributed by atoms with Crippen molar-refractivity contribution in [1.29, 1.82) is 0 Å². The van der Waals surface area contributed by atoms with Crippen LogP contribution in [0, 0.1) is 19.7 Å². The molecule has 2 nitrogen and oxygen atoms in total. The molecule has 1 unspecified atom stereocenters. The zero-order chi connectivity index (χ0) is 14.7. The third kappa shape index (κ3) is 3.42. The zero-order valence-electron chi connectivity index (χ0n) is 12.4. The third-order valence-electron chi connectivity index (χ3n) is 3.29. The molecule has 0 aliphatic heterocycles. The van der Waals surface area contributed by atoms with E-state index in [0.717, 1.165) is 5.69 Å². The van der Waals surface area contributed by atoms with Gasteiger partial charge in [0.1, 0.15) is 5.82 Å². The first kappa shape index (κ1) is 14.7. The van der Waals surface area contributed by atoms with Gasteiger partial charge in [-0.15, -0.1) is 0 Å². The molecule has 2 aromatic rings. The van der Waals surface area contributed by atoms with Crippen molar-refractivity contribution in [3.05, 3.63) is 64.7 Å². The molecule has 1 aromatic heterocycles. The SMILES string of the molecule is Cc1ccc(C)c(C(NC(C)C)c2ccc(F)cn2)c1. The van der Waals surface area contributed by atoms with Crippen molar-refractivity contribution in [3.63, 3.8) is 0 Å². The largest absolute Gasteiger partial charge is 0.303 e. The fourth-order valence-corrected chi connectivity index (χ4v) is 2.30. The monoisotopic (exact) mass is 272 g/mol. The van der Waals surface area contributed by atoms with Gasteiger partial charge in [-0.3, -0.25) is 4.98 Å². The van der Waals surface area contributed by atoms with Crippen LogP contribution in [-0.2, 0) is 0 Å². The van der Waals surface area contributed by atoms with Gasteiger partial charge in [-0.1, -0.05) is 23.8 Å². The van der Waals surface area contributed by atoms with Crippen molar-refractivity contribution in [2.45, 2.75) is 39.8 Å². The molecule has 0 radical (unpaired) electrons. The average Bonchev–Trinajstić information content (AvgIpc) is 2.40. The normalized spacial score (nSPS) is 12.7. The lowest BCUT2D eigenvalue weighted by Gasteiger charge is -2.23. The molecule has 1 N–H and O–H groups in total. The first-order valence-corrected chi connectivity index (χ1v) is 6.92. The summed E-state index contributed by atoms with van der Waals surface area (Å²) in [5.41, 5.74) is 4.45. The Balaban J connectivity index is 2.46. The van der Waals surface area contributed by atoms with Crippen molar-refractivity contribution in [1.82, 2.24) is 10.3 Å². The molecule has 1 heterocycles. The standard InChI is InChI=1S/C17H21FN2/c1-11(2)20-17(16-8-7-14(18)10-19-16)15-9-12(3)5-6-13(15)4/h5-11,17,20H,1-4H3. The topological polar surface area (TPSA) is 24.9 Å². The van der Waals surface area contributed by atoms with Gasteiger partial charge in [0.05, 0.1) is 17.9 Å². The van der Waals surface area contributed by atoms with E-state index < -0.39 is 0 Å². The van der Waals surface area contributed by atoms with Gasteiger partial charge in [0.2, 0.25) is 0 Å². The molecule has 20 heavy (non-hydrogen) atoms. The summed E-state index contributed by atoms with van der Waals surface area (Å²) in [6, 6.07) is 9.88. The van der Waals surface area contributed by atoms with Gasteiger partial charge in [0.15, 0.2) is 0 Å². The predicted molar refractivity (Wildman–Crippen MR) is 80.2 cm³/mol. The Kier molecular flexibility index (Phi) is 4.50. The number of hydrogen-bond acceptors (Lipinski definition) is 2. The minimum absolute atomic E-state index is 0.0181. The van der Waals surface area contributed by atoms with Gasteiger partial charge in [-0.25, -0.2) is 4.39 Å². The van der Waals surface area contributed by atoms with Crippen LogP contribution in [0.3, 0.4) is 0 Å². The van der Waals surface area contributed by atoms with Gasteiger partial charge in [0, 0.05) is 6.04 Å². The van der Waals surface area contributed by atoms with Crippen LogP contribution in [0.4, 0.5) is 4.39 Å². The maximum absolute atomic E-state index is 13.1. The van der Waals surface area contributed by atoms with E-state index in [4.69, 9.17) is 0 Å². The van der Waals surface area contributed by atoms with Gasteiger partial charge >= 0.3 is 0 Å². The Morgan fingerprint density at radius 1 is 1.10 bits per heavy atom. The summed E-state index contributed by atoms with van der Waals surface area (Å²) in [6.07, 6.45) is 1.27. The first-order chi connectivity index (χ1) is 9.47. The van der Waals surface area contributed by atoms with Crippen LogP contribution in [0.15, 0.2) is 36.5 Å². The molecule has 106 valence electrons. The highest BCUT2D eigenvalue weighted by molar-refractivity contribution is 5.37. The van der Waals surface area contributed by atoms with Gasteiger partial charge in [-0.05, 0) is 51.0 Å². The van der Waals surface area contributed by atoms with Crippen molar-refractivity contribution in [2.75, 3.05) is 0 Å². The highest BCUT2D eigenvalue weighted by Crippen LogP contribution is 2.25. The van der Waals surface area contributed by atoms with Crippen LogP contribution < -0.4 is 5.32 Å². The molecule has 0 bridgehead atoms. The number of aryl methyl sites for hydroxylation is 2. The molecular weight excluding hydrogens is 251 g/mol. The summed E-state index contributed by atoms with van der Waals surface area (Å²) in [7, 11) is 0. The summed E-state index contributed by atoms with van der Waals surface area (Å²) < 4.78 is 13.1. The fourth-order valence-electron chi connectivity index (χ4n) is 2.30. The first-order valence-electron chi connectivity index (χ1n) is 6.92. The van der Waals surface area contributed by atoms with Gasteiger partial charge in [0.25, 0.3) is 0 Å². The summed E-state index contributed by atoms with van der Waals surface area (Å²) in [5, 5.41) is 3.51. The number of nitrogens with one attached hydrogen (secondary N) is 1. The second-order valence-electron chi connectivity index (χ2n) is 5.52. The van der Waals surface area contributed by atoms with Gasteiger partial charge < -0.3 is 5.32 Å². The molecule has 2 rings (SSSR count). The maximum atomic E-state index is 13.1. The van der Waals surface area contributed by atoms with Crippen molar-refractivity contribution in [3.8, 4) is 0 Å². The zero-order valence-corrected chi connectivity index (χ0v) is 12.4. The molecule has 0 saturated heterocycles. The van der Waals surface area contributed by atoms with E-state index in [-0.39, 0.29) is 11.9 Å². The second-order valence-corrected chi connectivity index (χ2v) is 5.52. The molecule has 0 spiro atoms. The van der Waals surface area contributed by atoms with Crippen LogP contribution in [0.1, 0.15) is 42.3 Å². The van der Waals surface area contributed by atoms with E-state index >= 15 is 0 Å². The Morgan fingerprint density at radius 3 is 2.45 bits per heavy atom. The lowest BCUT2D eigenvalue weighted by molar-refractivity contribution is 0.516. The molecule has 0 saturated carbocycles. The fraction of sp³-hybridized carbons (Fsp3) is 0.353. The van der Waals surface area contributed by atoms with Crippen LogP contribution in [0.25, 0.3) is 0 Å². The minimum Gasteiger partial charge on any atom is -0.303 e. The summed E-state index contributed by atoms with van der Waals surface area (Å²) >= 11 is 0. The second kappa shape index (κ2) is 6.14. The third-order valence-corrected chi connectivity index (χ3v) is 3.29. The van der Waals surface area contributed by atoms with E-state index in [1.807, 2.05) is 0 Å². The molecule has 1 atom stereocenters. The van der Waals surface area contributed by atoms with E-state index in [1.54, 1.807) is 6.07 Å². The number of aromatic nitrogens is 1. The smallest absolute Gasteiger partial charge is 0.141 e. The summed E-state index contributed by atoms with van der Waals surface area (Å²) in [6.45, 7) is 8.37. The minimum atomic E-state index is -0.307. The van der Waals surface area contributed by atoms with Crippen LogP contribution in [0.2, 0.25) is 0 Å². The number of pyridine rings is 1. The van der Waals surface area contributed by atoms with E-state index in [1.165, 1.54) is 29.0 Å². The average molecular weight is 272 g/mol. The number of rotatable bonds is 4. The molecule has 0 fully saturated rings. The Morgan fingerprint density at radius 2 is 1.85 bits per heavy atom. The highest BCUT2D eigenvalue weighted by atomic mass is 19.1. The van der Waals surface area contributed by atoms with Crippen LogP contribution >= 0.6 is 0 Å². The van der Waals surface area contributed by atoms with Crippen LogP contribution in [-0.4, -0.2) is 11.0 Å². The summed E-state index contributed by atoms with van der Waals surface area (Å²) in [4.78, 5) is 4.24. The van der Waals surface area contributed by atoms with Crippen molar-refractivity contribution >= 4 is 0 Å². The molecule has 1 aromatic carbocycles. The molecule has 0 amide bonds. The lowest BCUT2D eigenvalue weighted by Crippen LogP contribution is -2.30. The highest BCUT2D eigenvalue weighted by Gasteiger charge is 2.18. The quantitative estimate of drug-likeness (QED) is 0.912. The molecule has 3 heteroatoms. The van der Waals surface area contributed by atoms with E-state index in [0.29, 0.717) is 6.04 Å². The van der Waals surface area contributed by atoms with Crippen molar-refractivity contribution < 1.29 is 4.39 Å². The summed E-state index contributed by atoms with van der Waals surface area (Å²) in [5.74, 6) is -0.307.